The Kier molecular flexibility index (Phi) is 4.14. The number of benzene rings is 1. The Hall–Kier alpha value is -3.55. The Balaban J connectivity index is 1.43. The zero-order valence-corrected chi connectivity index (χ0v) is 14.0. The van der Waals surface area contributed by atoms with Gasteiger partial charge >= 0.3 is 0 Å². The first-order chi connectivity index (χ1) is 12.7. The molecule has 0 spiro atoms. The minimum absolute atomic E-state index is 0.182. The van der Waals surface area contributed by atoms with Crippen LogP contribution in [0.2, 0.25) is 0 Å². The van der Waals surface area contributed by atoms with Crippen molar-refractivity contribution in [1.29, 1.82) is 0 Å². The first-order valence-corrected chi connectivity index (χ1v) is 8.17. The number of fused-ring (bicyclic) bond motifs is 1. The highest BCUT2D eigenvalue weighted by atomic mass is 16.5. The van der Waals surface area contributed by atoms with E-state index in [2.05, 4.69) is 25.5 Å². The Morgan fingerprint density at radius 2 is 2.12 bits per heavy atom. The van der Waals surface area contributed by atoms with E-state index < -0.39 is 0 Å². The van der Waals surface area contributed by atoms with Crippen molar-refractivity contribution in [3.8, 4) is 11.4 Å². The maximum atomic E-state index is 12.5. The number of carbonyl (C=O) groups excluding carboxylic acids is 1. The van der Waals surface area contributed by atoms with Crippen LogP contribution in [0.5, 0.6) is 0 Å². The quantitative estimate of drug-likeness (QED) is 0.593. The molecule has 8 nitrogen and oxygen atoms in total. The van der Waals surface area contributed by atoms with Gasteiger partial charge in [-0.15, -0.1) is 0 Å². The van der Waals surface area contributed by atoms with Gasteiger partial charge in [0.1, 0.15) is 0 Å². The van der Waals surface area contributed by atoms with E-state index in [4.69, 9.17) is 4.52 Å². The molecule has 130 valence electrons. The van der Waals surface area contributed by atoms with Crippen molar-refractivity contribution in [2.24, 2.45) is 0 Å². The van der Waals surface area contributed by atoms with Crippen LogP contribution in [-0.2, 0) is 6.42 Å². The molecule has 0 saturated carbocycles. The predicted molar refractivity (Wildman–Crippen MR) is 93.4 cm³/mol. The third-order valence-corrected chi connectivity index (χ3v) is 3.93. The smallest absolute Gasteiger partial charge is 0.255 e. The zero-order valence-electron chi connectivity index (χ0n) is 14.0. The van der Waals surface area contributed by atoms with Crippen LogP contribution in [0.4, 0.5) is 0 Å². The highest BCUT2D eigenvalue weighted by molar-refractivity contribution is 6.00. The normalized spacial score (nSPS) is 12.2. The number of hydrogen-bond acceptors (Lipinski definition) is 6. The van der Waals surface area contributed by atoms with E-state index in [1.807, 2.05) is 37.3 Å². The van der Waals surface area contributed by atoms with Crippen LogP contribution in [0.3, 0.4) is 0 Å². The Morgan fingerprint density at radius 3 is 2.96 bits per heavy atom. The molecule has 0 aliphatic carbocycles. The molecule has 0 saturated heterocycles. The lowest BCUT2D eigenvalue weighted by Gasteiger charge is -2.10. The van der Waals surface area contributed by atoms with Crippen molar-refractivity contribution in [1.82, 2.24) is 30.1 Å². The summed E-state index contributed by atoms with van der Waals surface area (Å²) < 4.78 is 6.90. The topological polar surface area (TPSA) is 98.2 Å². The van der Waals surface area contributed by atoms with E-state index in [0.29, 0.717) is 29.2 Å². The highest BCUT2D eigenvalue weighted by Gasteiger charge is 2.17. The van der Waals surface area contributed by atoms with Gasteiger partial charge in [0.25, 0.3) is 5.91 Å². The third kappa shape index (κ3) is 3.16. The van der Waals surface area contributed by atoms with Crippen LogP contribution in [0.25, 0.3) is 16.9 Å². The van der Waals surface area contributed by atoms with Gasteiger partial charge in [0.15, 0.2) is 0 Å². The van der Waals surface area contributed by atoms with Crippen LogP contribution >= 0.6 is 0 Å². The Labute approximate surface area is 148 Å². The van der Waals surface area contributed by atoms with Crippen LogP contribution in [0.1, 0.15) is 23.2 Å². The van der Waals surface area contributed by atoms with Crippen molar-refractivity contribution >= 4 is 11.4 Å². The molecule has 0 fully saturated rings. The second-order valence-corrected chi connectivity index (χ2v) is 5.92. The van der Waals surface area contributed by atoms with Gasteiger partial charge in [-0.1, -0.05) is 35.5 Å². The minimum Gasteiger partial charge on any atom is -0.349 e. The Bertz CT molecular complexity index is 1040. The van der Waals surface area contributed by atoms with E-state index in [1.165, 1.54) is 6.20 Å². The van der Waals surface area contributed by atoms with Crippen molar-refractivity contribution in [3.63, 3.8) is 0 Å². The van der Waals surface area contributed by atoms with Crippen LogP contribution in [0.15, 0.2) is 59.6 Å². The fraction of sp³-hybridized carbons (Fsp3) is 0.167. The molecule has 0 bridgehead atoms. The molecule has 0 radical (unpaired) electrons. The van der Waals surface area contributed by atoms with Gasteiger partial charge in [0.05, 0.1) is 23.5 Å². The van der Waals surface area contributed by atoms with Gasteiger partial charge in [-0.3, -0.25) is 9.78 Å². The summed E-state index contributed by atoms with van der Waals surface area (Å²) in [6, 6.07) is 9.41. The fourth-order valence-electron chi connectivity index (χ4n) is 2.67. The second kappa shape index (κ2) is 6.75. The molecule has 4 aromatic rings. The van der Waals surface area contributed by atoms with E-state index in [-0.39, 0.29) is 11.9 Å². The molecular formula is C18H16N6O2. The average Bonchev–Trinajstić information content (AvgIpc) is 3.29. The first-order valence-electron chi connectivity index (χ1n) is 8.17. The lowest BCUT2D eigenvalue weighted by Crippen LogP contribution is -2.34. The van der Waals surface area contributed by atoms with Crippen LogP contribution in [0, 0.1) is 0 Å². The molecule has 3 heterocycles. The summed E-state index contributed by atoms with van der Waals surface area (Å²) in [5, 5.41) is 11.1. The lowest BCUT2D eigenvalue weighted by molar-refractivity contribution is 0.0940. The molecule has 4 rings (SSSR count). The molecule has 0 aliphatic rings. The van der Waals surface area contributed by atoms with Gasteiger partial charge in [0, 0.05) is 30.4 Å². The molecule has 3 aromatic heterocycles. The molecule has 8 heteroatoms. The summed E-state index contributed by atoms with van der Waals surface area (Å²) in [7, 11) is 0. The fourth-order valence-corrected chi connectivity index (χ4v) is 2.67. The molecule has 1 amide bonds. The van der Waals surface area contributed by atoms with Gasteiger partial charge < -0.3 is 9.84 Å². The number of amides is 1. The van der Waals surface area contributed by atoms with E-state index in [0.717, 1.165) is 5.56 Å². The van der Waals surface area contributed by atoms with E-state index in [1.54, 1.807) is 23.1 Å². The summed E-state index contributed by atoms with van der Waals surface area (Å²) in [5.41, 5.74) is 2.01. The number of hydrogen-bond donors (Lipinski definition) is 1. The first kappa shape index (κ1) is 15.9. The van der Waals surface area contributed by atoms with Gasteiger partial charge in [-0.25, -0.2) is 4.52 Å². The number of aromatic nitrogens is 5. The van der Waals surface area contributed by atoms with Gasteiger partial charge in [0.2, 0.25) is 11.7 Å². The second-order valence-electron chi connectivity index (χ2n) is 5.92. The molecule has 1 aromatic carbocycles. The van der Waals surface area contributed by atoms with Gasteiger partial charge in [-0.05, 0) is 6.92 Å². The molecule has 1 N–H and O–H groups in total. The number of carbonyl (C=O) groups is 1. The van der Waals surface area contributed by atoms with Gasteiger partial charge in [-0.2, -0.15) is 10.1 Å². The minimum atomic E-state index is -0.219. The van der Waals surface area contributed by atoms with Crippen molar-refractivity contribution < 1.29 is 9.32 Å². The Morgan fingerprint density at radius 1 is 1.27 bits per heavy atom. The highest BCUT2D eigenvalue weighted by Crippen LogP contribution is 2.15. The SMILES string of the molecule is CC(Cc1nc(-c2ccccc2)no1)NC(=O)c1cnn2ccncc12. The number of nitrogens with one attached hydrogen (secondary N) is 1. The maximum absolute atomic E-state index is 12.5. The average molecular weight is 348 g/mol. The van der Waals surface area contributed by atoms with Crippen molar-refractivity contribution in [2.45, 2.75) is 19.4 Å². The summed E-state index contributed by atoms with van der Waals surface area (Å²) >= 11 is 0. The molecule has 26 heavy (non-hydrogen) atoms. The molecule has 1 unspecified atom stereocenters. The number of nitrogens with zero attached hydrogens (tertiary/aromatic N) is 5. The van der Waals surface area contributed by atoms with Crippen LogP contribution < -0.4 is 5.32 Å². The van der Waals surface area contributed by atoms with E-state index in [9.17, 15) is 4.79 Å². The maximum Gasteiger partial charge on any atom is 0.255 e. The predicted octanol–water partition coefficient (Wildman–Crippen LogP) is 2.14. The standard InChI is InChI=1S/C18H16N6O2/c1-12(9-16-22-17(23-26-16)13-5-3-2-4-6-13)21-18(25)14-10-20-24-8-7-19-11-15(14)24/h2-8,10-12H,9H2,1H3,(H,21,25). The van der Waals surface area contributed by atoms with E-state index >= 15 is 0 Å². The summed E-state index contributed by atoms with van der Waals surface area (Å²) in [6.07, 6.45) is 6.88. The molecule has 1 atom stereocenters. The monoisotopic (exact) mass is 348 g/mol. The molecular weight excluding hydrogens is 332 g/mol. The molecule has 0 aliphatic heterocycles. The summed E-state index contributed by atoms with van der Waals surface area (Å²) in [6.45, 7) is 1.88. The summed E-state index contributed by atoms with van der Waals surface area (Å²) in [4.78, 5) is 20.9. The van der Waals surface area contributed by atoms with Crippen molar-refractivity contribution in [3.05, 3.63) is 66.6 Å². The van der Waals surface area contributed by atoms with Crippen molar-refractivity contribution in [2.75, 3.05) is 0 Å². The van der Waals surface area contributed by atoms with Crippen LogP contribution in [-0.4, -0.2) is 36.7 Å². The summed E-state index contributed by atoms with van der Waals surface area (Å²) in [5.74, 6) is 0.786. The zero-order chi connectivity index (χ0) is 17.9. The largest absolute Gasteiger partial charge is 0.349 e. The number of rotatable bonds is 5. The lowest BCUT2D eigenvalue weighted by atomic mass is 10.2. The third-order valence-electron chi connectivity index (χ3n) is 3.93.